The van der Waals surface area contributed by atoms with Crippen molar-refractivity contribution >= 4 is 23.0 Å². The first-order valence-electron chi connectivity index (χ1n) is 4.29. The van der Waals surface area contributed by atoms with Crippen molar-refractivity contribution in [2.45, 2.75) is 32.6 Å². The molecule has 1 saturated carbocycles. The van der Waals surface area contributed by atoms with Gasteiger partial charge < -0.3 is 5.73 Å². The third kappa shape index (κ3) is 3.17. The van der Waals surface area contributed by atoms with Crippen molar-refractivity contribution in [3.8, 4) is 0 Å². The molecular weight excluding hydrogens is 170 g/mol. The van der Waals surface area contributed by atoms with Gasteiger partial charge in [-0.2, -0.15) is 5.10 Å². The van der Waals surface area contributed by atoms with Crippen molar-refractivity contribution in [1.82, 2.24) is 5.43 Å². The standard InChI is InChI=1S/C8H15N3S/c1-6-3-2-4-7(5-6)10-11-8(9)12/h6H,2-5H2,1H3,(H3,9,11,12)/b10-7-/t6-/m1/s1. The van der Waals surface area contributed by atoms with Gasteiger partial charge in [0.2, 0.25) is 0 Å². The number of hydrogen-bond donors (Lipinski definition) is 2. The van der Waals surface area contributed by atoms with Gasteiger partial charge in [0.15, 0.2) is 5.11 Å². The highest BCUT2D eigenvalue weighted by molar-refractivity contribution is 7.80. The van der Waals surface area contributed by atoms with Crippen LogP contribution in [-0.4, -0.2) is 10.8 Å². The summed E-state index contributed by atoms with van der Waals surface area (Å²) in [6, 6.07) is 0. The second kappa shape index (κ2) is 4.40. The largest absolute Gasteiger partial charge is 0.375 e. The second-order valence-corrected chi connectivity index (χ2v) is 3.80. The minimum atomic E-state index is 0.251. The zero-order chi connectivity index (χ0) is 8.97. The van der Waals surface area contributed by atoms with Crippen LogP contribution in [0.25, 0.3) is 0 Å². The average Bonchev–Trinajstić information content (AvgIpc) is 2.01. The summed E-state index contributed by atoms with van der Waals surface area (Å²) >= 11 is 4.65. The van der Waals surface area contributed by atoms with Crippen molar-refractivity contribution in [3.05, 3.63) is 0 Å². The van der Waals surface area contributed by atoms with Gasteiger partial charge in [-0.05, 0) is 43.8 Å². The molecule has 1 fully saturated rings. The van der Waals surface area contributed by atoms with Gasteiger partial charge in [0.1, 0.15) is 0 Å². The number of nitrogens with two attached hydrogens (primary N) is 1. The Kier molecular flexibility index (Phi) is 3.47. The van der Waals surface area contributed by atoms with Crippen LogP contribution >= 0.6 is 12.2 Å². The van der Waals surface area contributed by atoms with E-state index in [-0.39, 0.29) is 5.11 Å². The smallest absolute Gasteiger partial charge is 0.184 e. The monoisotopic (exact) mass is 185 g/mol. The van der Waals surface area contributed by atoms with Gasteiger partial charge in [-0.25, -0.2) is 0 Å². The molecule has 1 atom stereocenters. The topological polar surface area (TPSA) is 50.4 Å². The quantitative estimate of drug-likeness (QED) is 0.479. The van der Waals surface area contributed by atoms with E-state index in [1.54, 1.807) is 0 Å². The van der Waals surface area contributed by atoms with Gasteiger partial charge in [-0.1, -0.05) is 6.92 Å². The predicted octanol–water partition coefficient (Wildman–Crippen LogP) is 1.39. The van der Waals surface area contributed by atoms with E-state index in [1.807, 2.05) is 0 Å². The van der Waals surface area contributed by atoms with Gasteiger partial charge >= 0.3 is 0 Å². The van der Waals surface area contributed by atoms with Crippen LogP contribution in [0, 0.1) is 5.92 Å². The fourth-order valence-electron chi connectivity index (χ4n) is 1.50. The lowest BCUT2D eigenvalue weighted by Gasteiger charge is -2.18. The number of rotatable bonds is 1. The summed E-state index contributed by atoms with van der Waals surface area (Å²) in [6.45, 7) is 2.25. The minimum Gasteiger partial charge on any atom is -0.375 e. The molecule has 0 aliphatic heterocycles. The lowest BCUT2D eigenvalue weighted by molar-refractivity contribution is 0.498. The molecule has 0 saturated heterocycles. The molecule has 0 aromatic heterocycles. The molecule has 0 aromatic carbocycles. The first-order chi connectivity index (χ1) is 5.68. The SMILES string of the molecule is C[C@@H]1CCC/C(=N/NC(N)=S)C1. The van der Waals surface area contributed by atoms with Crippen LogP contribution in [0.4, 0.5) is 0 Å². The van der Waals surface area contributed by atoms with E-state index < -0.39 is 0 Å². The molecule has 1 aliphatic carbocycles. The first-order valence-corrected chi connectivity index (χ1v) is 4.70. The lowest BCUT2D eigenvalue weighted by Crippen LogP contribution is -2.26. The van der Waals surface area contributed by atoms with Gasteiger partial charge in [-0.15, -0.1) is 0 Å². The molecule has 3 nitrogen and oxygen atoms in total. The van der Waals surface area contributed by atoms with E-state index in [4.69, 9.17) is 5.73 Å². The van der Waals surface area contributed by atoms with Crippen molar-refractivity contribution < 1.29 is 0 Å². The third-order valence-electron chi connectivity index (χ3n) is 2.07. The summed E-state index contributed by atoms with van der Waals surface area (Å²) in [7, 11) is 0. The normalized spacial score (nSPS) is 27.1. The Balaban J connectivity index is 2.39. The maximum absolute atomic E-state index is 5.26. The Labute approximate surface area is 78.4 Å². The van der Waals surface area contributed by atoms with Crippen LogP contribution in [0.15, 0.2) is 5.10 Å². The lowest BCUT2D eigenvalue weighted by atomic mass is 9.89. The van der Waals surface area contributed by atoms with Crippen LogP contribution in [0.1, 0.15) is 32.6 Å². The summed E-state index contributed by atoms with van der Waals surface area (Å²) in [6.07, 6.45) is 4.71. The Morgan fingerprint density at radius 1 is 1.75 bits per heavy atom. The first kappa shape index (κ1) is 9.45. The van der Waals surface area contributed by atoms with E-state index >= 15 is 0 Å². The highest BCUT2D eigenvalue weighted by Crippen LogP contribution is 2.20. The molecule has 0 unspecified atom stereocenters. The zero-order valence-electron chi connectivity index (χ0n) is 7.34. The highest BCUT2D eigenvalue weighted by Gasteiger charge is 2.13. The third-order valence-corrected chi connectivity index (χ3v) is 2.16. The molecule has 4 heteroatoms. The zero-order valence-corrected chi connectivity index (χ0v) is 8.16. The molecule has 3 N–H and O–H groups in total. The Morgan fingerprint density at radius 3 is 3.08 bits per heavy atom. The molecule has 12 heavy (non-hydrogen) atoms. The number of nitrogens with zero attached hydrogens (tertiary/aromatic N) is 1. The minimum absolute atomic E-state index is 0.251. The molecule has 68 valence electrons. The van der Waals surface area contributed by atoms with Crippen LogP contribution < -0.4 is 11.2 Å². The van der Waals surface area contributed by atoms with E-state index in [2.05, 4.69) is 29.7 Å². The van der Waals surface area contributed by atoms with Crippen LogP contribution in [-0.2, 0) is 0 Å². The summed E-state index contributed by atoms with van der Waals surface area (Å²) < 4.78 is 0. The summed E-state index contributed by atoms with van der Waals surface area (Å²) in [5, 5.41) is 4.38. The Bertz CT molecular complexity index is 200. The van der Waals surface area contributed by atoms with Crippen LogP contribution in [0.2, 0.25) is 0 Å². The van der Waals surface area contributed by atoms with Crippen molar-refractivity contribution in [2.75, 3.05) is 0 Å². The van der Waals surface area contributed by atoms with E-state index in [9.17, 15) is 0 Å². The summed E-state index contributed by atoms with van der Waals surface area (Å²) in [5.74, 6) is 0.755. The molecular formula is C8H15N3S. The van der Waals surface area contributed by atoms with E-state index in [1.165, 1.54) is 18.6 Å². The molecule has 0 aromatic rings. The number of thiocarbonyl (C=S) groups is 1. The number of nitrogens with one attached hydrogen (secondary N) is 1. The highest BCUT2D eigenvalue weighted by atomic mass is 32.1. The van der Waals surface area contributed by atoms with Crippen molar-refractivity contribution in [3.63, 3.8) is 0 Å². The Hall–Kier alpha value is -0.640. The Morgan fingerprint density at radius 2 is 2.50 bits per heavy atom. The maximum Gasteiger partial charge on any atom is 0.184 e. The van der Waals surface area contributed by atoms with Gasteiger partial charge in [0, 0.05) is 5.71 Å². The molecule has 0 radical (unpaired) electrons. The van der Waals surface area contributed by atoms with E-state index in [0.29, 0.717) is 0 Å². The van der Waals surface area contributed by atoms with Crippen LogP contribution in [0.3, 0.4) is 0 Å². The van der Waals surface area contributed by atoms with Gasteiger partial charge in [-0.3, -0.25) is 5.43 Å². The average molecular weight is 185 g/mol. The molecule has 1 aliphatic rings. The summed E-state index contributed by atoms with van der Waals surface area (Å²) in [4.78, 5) is 0. The molecule has 0 spiro atoms. The summed E-state index contributed by atoms with van der Waals surface area (Å²) in [5.41, 5.74) is 9.09. The molecule has 0 amide bonds. The number of hydrogen-bond acceptors (Lipinski definition) is 2. The molecule has 1 rings (SSSR count). The van der Waals surface area contributed by atoms with Gasteiger partial charge in [0.25, 0.3) is 0 Å². The maximum atomic E-state index is 5.26. The fraction of sp³-hybridized carbons (Fsp3) is 0.750. The van der Waals surface area contributed by atoms with Crippen molar-refractivity contribution in [2.24, 2.45) is 16.8 Å². The van der Waals surface area contributed by atoms with Crippen molar-refractivity contribution in [1.29, 1.82) is 0 Å². The predicted molar refractivity (Wildman–Crippen MR) is 55.0 cm³/mol. The fourth-order valence-corrected chi connectivity index (χ4v) is 1.54. The van der Waals surface area contributed by atoms with Gasteiger partial charge in [0.05, 0.1) is 0 Å². The number of hydrazone groups is 1. The molecule has 0 bridgehead atoms. The molecule has 0 heterocycles. The van der Waals surface area contributed by atoms with Crippen LogP contribution in [0.5, 0.6) is 0 Å². The van der Waals surface area contributed by atoms with E-state index in [0.717, 1.165) is 18.8 Å². The second-order valence-electron chi connectivity index (χ2n) is 3.36.